The van der Waals surface area contributed by atoms with Gasteiger partial charge in [0.1, 0.15) is 5.82 Å². The molecule has 4 heterocycles. The van der Waals surface area contributed by atoms with Crippen molar-refractivity contribution in [3.63, 3.8) is 0 Å². The van der Waals surface area contributed by atoms with Crippen LogP contribution in [0.4, 0.5) is 5.82 Å². The average molecular weight is 338 g/mol. The van der Waals surface area contributed by atoms with Gasteiger partial charge in [-0.05, 0) is 49.2 Å². The maximum absolute atomic E-state index is 6.03. The normalized spacial score (nSPS) is 25.0. The van der Waals surface area contributed by atoms with Crippen molar-refractivity contribution in [2.75, 3.05) is 44.3 Å². The van der Waals surface area contributed by atoms with Crippen molar-refractivity contribution in [2.45, 2.75) is 19.4 Å². The number of piperidine rings is 1. The number of ether oxygens (including phenoxy) is 1. The van der Waals surface area contributed by atoms with Crippen LogP contribution < -0.4 is 4.90 Å². The average Bonchev–Trinajstić information content (AvgIpc) is 2.86. The topological polar surface area (TPSA) is 41.5 Å². The zero-order valence-corrected chi connectivity index (χ0v) is 14.7. The van der Waals surface area contributed by atoms with Crippen molar-refractivity contribution in [3.05, 3.63) is 54.5 Å². The molecule has 2 saturated heterocycles. The lowest BCUT2D eigenvalue weighted by Gasteiger charge is -2.43. The van der Waals surface area contributed by atoms with Gasteiger partial charge in [-0.25, -0.2) is 4.98 Å². The first-order chi connectivity index (χ1) is 12.3. The van der Waals surface area contributed by atoms with E-state index in [1.807, 2.05) is 24.7 Å². The summed E-state index contributed by atoms with van der Waals surface area (Å²) in [4.78, 5) is 13.7. The Balaban J connectivity index is 1.49. The fraction of sp³-hybridized carbons (Fsp3) is 0.500. The van der Waals surface area contributed by atoms with Gasteiger partial charge in [-0.1, -0.05) is 6.07 Å². The summed E-state index contributed by atoms with van der Waals surface area (Å²) in [6, 6.07) is 10.4. The van der Waals surface area contributed by atoms with E-state index in [1.54, 1.807) is 0 Å². The Morgan fingerprint density at radius 3 is 2.80 bits per heavy atom. The summed E-state index contributed by atoms with van der Waals surface area (Å²) < 4.78 is 6.03. The third-order valence-corrected chi connectivity index (χ3v) is 5.31. The standard InChI is InChI=1S/C20H26N4O/c1-2-8-22-19(4-1)24-12-13-25-17-20(16-24)7-3-11-23(15-20)14-18-5-9-21-10-6-18/h1-2,4-6,8-10H,3,7,11-17H2/t20-/m0/s1. The molecule has 5 heteroatoms. The Morgan fingerprint density at radius 1 is 1.04 bits per heavy atom. The van der Waals surface area contributed by atoms with Crippen molar-refractivity contribution in [1.29, 1.82) is 0 Å². The number of anilines is 1. The first kappa shape index (κ1) is 16.5. The van der Waals surface area contributed by atoms with Crippen molar-refractivity contribution < 1.29 is 4.74 Å². The van der Waals surface area contributed by atoms with Gasteiger partial charge in [0.2, 0.25) is 0 Å². The molecule has 1 spiro atoms. The number of nitrogens with zero attached hydrogens (tertiary/aromatic N) is 4. The van der Waals surface area contributed by atoms with Crippen LogP contribution in [0, 0.1) is 5.41 Å². The molecule has 0 amide bonds. The molecule has 0 aromatic carbocycles. The fourth-order valence-corrected chi connectivity index (χ4v) is 4.17. The summed E-state index contributed by atoms with van der Waals surface area (Å²) in [6.45, 7) is 6.81. The van der Waals surface area contributed by atoms with Gasteiger partial charge >= 0.3 is 0 Å². The Hall–Kier alpha value is -1.98. The molecule has 0 saturated carbocycles. The maximum atomic E-state index is 6.03. The van der Waals surface area contributed by atoms with E-state index in [0.717, 1.165) is 51.8 Å². The van der Waals surface area contributed by atoms with E-state index in [-0.39, 0.29) is 5.41 Å². The summed E-state index contributed by atoms with van der Waals surface area (Å²) in [5.74, 6) is 1.07. The minimum absolute atomic E-state index is 0.194. The van der Waals surface area contributed by atoms with Crippen molar-refractivity contribution in [3.8, 4) is 0 Å². The van der Waals surface area contributed by atoms with Gasteiger partial charge in [0, 0.05) is 50.2 Å². The second-order valence-electron chi connectivity index (χ2n) is 7.33. The molecule has 0 radical (unpaired) electrons. The Bertz CT molecular complexity index is 666. The molecule has 2 aliphatic rings. The van der Waals surface area contributed by atoms with Crippen LogP contribution in [0.1, 0.15) is 18.4 Å². The van der Waals surface area contributed by atoms with E-state index in [2.05, 4.69) is 44.0 Å². The SMILES string of the molecule is c1ccc(N2CCOC[C@]3(CCCN(Cc4ccncc4)C3)C2)nc1. The molecule has 4 rings (SSSR count). The molecule has 2 aromatic rings. The van der Waals surface area contributed by atoms with Crippen molar-refractivity contribution in [1.82, 2.24) is 14.9 Å². The third kappa shape index (κ3) is 3.99. The lowest BCUT2D eigenvalue weighted by atomic mass is 9.80. The highest BCUT2D eigenvalue weighted by Crippen LogP contribution is 2.34. The van der Waals surface area contributed by atoms with E-state index >= 15 is 0 Å². The first-order valence-electron chi connectivity index (χ1n) is 9.18. The first-order valence-corrected chi connectivity index (χ1v) is 9.18. The minimum Gasteiger partial charge on any atom is -0.379 e. The number of hydrogen-bond acceptors (Lipinski definition) is 5. The van der Waals surface area contributed by atoms with E-state index < -0.39 is 0 Å². The van der Waals surface area contributed by atoms with Crippen LogP contribution in [0.2, 0.25) is 0 Å². The van der Waals surface area contributed by atoms with Crippen LogP contribution in [0.5, 0.6) is 0 Å². The van der Waals surface area contributed by atoms with Crippen molar-refractivity contribution in [2.24, 2.45) is 5.41 Å². The monoisotopic (exact) mass is 338 g/mol. The Labute approximate surface area is 149 Å². The third-order valence-electron chi connectivity index (χ3n) is 5.31. The molecule has 132 valence electrons. The predicted molar refractivity (Wildman–Crippen MR) is 98.5 cm³/mol. The summed E-state index contributed by atoms with van der Waals surface area (Å²) in [7, 11) is 0. The summed E-state index contributed by atoms with van der Waals surface area (Å²) in [5.41, 5.74) is 1.53. The van der Waals surface area contributed by atoms with E-state index in [4.69, 9.17) is 4.74 Å². The molecular weight excluding hydrogens is 312 g/mol. The highest BCUT2D eigenvalue weighted by molar-refractivity contribution is 5.38. The quantitative estimate of drug-likeness (QED) is 0.860. The van der Waals surface area contributed by atoms with Crippen LogP contribution in [0.15, 0.2) is 48.9 Å². The fourth-order valence-electron chi connectivity index (χ4n) is 4.17. The van der Waals surface area contributed by atoms with E-state index in [9.17, 15) is 0 Å². The van der Waals surface area contributed by atoms with E-state index in [1.165, 1.54) is 18.4 Å². The molecule has 0 aliphatic carbocycles. The summed E-state index contributed by atoms with van der Waals surface area (Å²) >= 11 is 0. The van der Waals surface area contributed by atoms with Crippen LogP contribution in [-0.4, -0.2) is 54.3 Å². The van der Waals surface area contributed by atoms with Crippen molar-refractivity contribution >= 4 is 5.82 Å². The van der Waals surface area contributed by atoms with E-state index in [0.29, 0.717) is 0 Å². The number of aromatic nitrogens is 2. The predicted octanol–water partition coefficient (Wildman–Crippen LogP) is 2.60. The zero-order chi connectivity index (χ0) is 17.0. The van der Waals surface area contributed by atoms with Crippen LogP contribution >= 0.6 is 0 Å². The lowest BCUT2D eigenvalue weighted by molar-refractivity contribution is 0.0106. The molecule has 0 unspecified atom stereocenters. The number of hydrogen-bond donors (Lipinski definition) is 0. The zero-order valence-electron chi connectivity index (χ0n) is 14.7. The van der Waals surface area contributed by atoms with Crippen LogP contribution in [-0.2, 0) is 11.3 Å². The number of likely N-dealkylation sites (tertiary alicyclic amines) is 1. The van der Waals surface area contributed by atoms with Crippen LogP contribution in [0.3, 0.4) is 0 Å². The smallest absolute Gasteiger partial charge is 0.128 e. The van der Waals surface area contributed by atoms with Gasteiger partial charge in [-0.2, -0.15) is 0 Å². The molecule has 1 atom stereocenters. The number of pyridine rings is 2. The van der Waals surface area contributed by atoms with Gasteiger partial charge in [0.15, 0.2) is 0 Å². The van der Waals surface area contributed by atoms with Gasteiger partial charge in [-0.3, -0.25) is 9.88 Å². The van der Waals surface area contributed by atoms with Gasteiger partial charge < -0.3 is 9.64 Å². The molecular formula is C20H26N4O. The second kappa shape index (κ2) is 7.50. The molecule has 0 N–H and O–H groups in total. The maximum Gasteiger partial charge on any atom is 0.128 e. The molecule has 2 aromatic heterocycles. The highest BCUT2D eigenvalue weighted by atomic mass is 16.5. The largest absolute Gasteiger partial charge is 0.379 e. The minimum atomic E-state index is 0.194. The summed E-state index contributed by atoms with van der Waals surface area (Å²) in [5, 5.41) is 0. The van der Waals surface area contributed by atoms with Gasteiger partial charge in [-0.15, -0.1) is 0 Å². The molecule has 5 nitrogen and oxygen atoms in total. The van der Waals surface area contributed by atoms with Crippen LogP contribution in [0.25, 0.3) is 0 Å². The van der Waals surface area contributed by atoms with Gasteiger partial charge in [0.05, 0.1) is 13.2 Å². The number of rotatable bonds is 3. The molecule has 2 aliphatic heterocycles. The molecule has 0 bridgehead atoms. The lowest BCUT2D eigenvalue weighted by Crippen LogP contribution is -2.50. The molecule has 2 fully saturated rings. The Kier molecular flexibility index (Phi) is 4.95. The molecule has 25 heavy (non-hydrogen) atoms. The highest BCUT2D eigenvalue weighted by Gasteiger charge is 2.39. The Morgan fingerprint density at radius 2 is 1.96 bits per heavy atom. The second-order valence-corrected chi connectivity index (χ2v) is 7.33. The van der Waals surface area contributed by atoms with Gasteiger partial charge in [0.25, 0.3) is 0 Å². The summed E-state index contributed by atoms with van der Waals surface area (Å²) in [6.07, 6.45) is 8.09.